The average Bonchev–Trinajstić information content (AvgIpc) is 3.36. The Morgan fingerprint density at radius 3 is 2.41 bits per heavy atom. The van der Waals surface area contributed by atoms with E-state index in [-0.39, 0.29) is 17.1 Å². The van der Waals surface area contributed by atoms with Gasteiger partial charge in [-0.15, -0.1) is 5.10 Å². The van der Waals surface area contributed by atoms with Crippen LogP contribution in [-0.2, 0) is 18.6 Å². The fraction of sp³-hybridized carbons (Fsp3) is 0.429. The van der Waals surface area contributed by atoms with E-state index in [0.717, 1.165) is 40.2 Å². The third-order valence-corrected chi connectivity index (χ3v) is 6.38. The summed E-state index contributed by atoms with van der Waals surface area (Å²) < 4.78 is 12.9. The van der Waals surface area contributed by atoms with Crippen molar-refractivity contribution >= 4 is 10.9 Å². The van der Waals surface area contributed by atoms with E-state index < -0.39 is 0 Å². The summed E-state index contributed by atoms with van der Waals surface area (Å²) in [7, 11) is 1.66. The summed E-state index contributed by atoms with van der Waals surface area (Å²) in [6.07, 6.45) is 0.770. The first-order chi connectivity index (χ1) is 17.7. The van der Waals surface area contributed by atoms with Crippen LogP contribution >= 0.6 is 0 Å². The average molecular weight is 505 g/mol. The fourth-order valence-electron chi connectivity index (χ4n) is 4.55. The molecule has 0 aliphatic carbocycles. The Morgan fingerprint density at radius 1 is 1.03 bits per heavy atom. The molecular formula is C28H36N6O3. The maximum atomic E-state index is 13.2. The van der Waals surface area contributed by atoms with Gasteiger partial charge in [0.25, 0.3) is 5.56 Å². The number of fused-ring (bicyclic) bond motifs is 1. The summed E-state index contributed by atoms with van der Waals surface area (Å²) in [6.45, 7) is 11.9. The molecule has 4 aromatic rings. The lowest BCUT2D eigenvalue weighted by molar-refractivity contribution is 0.153. The van der Waals surface area contributed by atoms with Crippen molar-refractivity contribution in [1.82, 2.24) is 30.1 Å². The maximum Gasteiger partial charge on any atom is 0.252 e. The van der Waals surface area contributed by atoms with Crippen molar-refractivity contribution in [3.05, 3.63) is 75.8 Å². The van der Waals surface area contributed by atoms with E-state index in [1.807, 2.05) is 60.1 Å². The first kappa shape index (κ1) is 26.3. The zero-order chi connectivity index (χ0) is 26.6. The van der Waals surface area contributed by atoms with Crippen LogP contribution in [0.3, 0.4) is 0 Å². The van der Waals surface area contributed by atoms with Gasteiger partial charge in [-0.2, -0.15) is 0 Å². The van der Waals surface area contributed by atoms with E-state index in [1.54, 1.807) is 7.11 Å². The molecule has 0 radical (unpaired) electrons. The van der Waals surface area contributed by atoms with Crippen molar-refractivity contribution in [2.75, 3.05) is 13.7 Å². The molecule has 0 saturated carbocycles. The molecule has 196 valence electrons. The number of nitrogens with one attached hydrogen (secondary N) is 1. The lowest BCUT2D eigenvalue weighted by Gasteiger charge is -2.32. The zero-order valence-corrected chi connectivity index (χ0v) is 22.5. The molecule has 0 saturated heterocycles. The van der Waals surface area contributed by atoms with Gasteiger partial charge in [0, 0.05) is 29.6 Å². The molecule has 2 aromatic heterocycles. The van der Waals surface area contributed by atoms with Gasteiger partial charge >= 0.3 is 0 Å². The van der Waals surface area contributed by atoms with Crippen LogP contribution in [0.25, 0.3) is 10.9 Å². The second-order valence-electron chi connectivity index (χ2n) is 10.1. The van der Waals surface area contributed by atoms with Gasteiger partial charge in [-0.3, -0.25) is 9.69 Å². The smallest absolute Gasteiger partial charge is 0.252 e. The van der Waals surface area contributed by atoms with Crippen molar-refractivity contribution in [2.45, 2.75) is 65.7 Å². The van der Waals surface area contributed by atoms with E-state index in [4.69, 9.17) is 9.47 Å². The second kappa shape index (κ2) is 11.1. The van der Waals surface area contributed by atoms with Crippen LogP contribution in [0, 0.1) is 0 Å². The van der Waals surface area contributed by atoms with Crippen LogP contribution in [0.15, 0.2) is 53.3 Å². The number of hydrogen-bond donors (Lipinski definition) is 1. The van der Waals surface area contributed by atoms with Gasteiger partial charge in [0.15, 0.2) is 5.82 Å². The first-order valence-electron chi connectivity index (χ1n) is 12.7. The number of H-pyrrole nitrogens is 1. The van der Waals surface area contributed by atoms with E-state index in [9.17, 15) is 4.79 Å². The van der Waals surface area contributed by atoms with E-state index in [0.29, 0.717) is 25.3 Å². The topological polar surface area (TPSA) is 98.2 Å². The number of tetrazole rings is 1. The molecule has 1 N–H and O–H groups in total. The standard InChI is InChI=1S/C28H36N6O3/c1-7-25(26-30-31-32-34(26)28(3,4)5)33(17-19-9-11-22(36-6)12-10-19)18-21-15-20-16-23(37-8-2)13-14-24(20)29-27(21)35/h9-16,25H,7-8,17-18H2,1-6H3,(H,29,35). The minimum absolute atomic E-state index is 0.110. The molecule has 9 nitrogen and oxygen atoms in total. The van der Waals surface area contributed by atoms with Crippen molar-refractivity contribution in [1.29, 1.82) is 0 Å². The highest BCUT2D eigenvalue weighted by Crippen LogP contribution is 2.29. The number of benzene rings is 2. The molecule has 1 atom stereocenters. The van der Waals surface area contributed by atoms with Crippen LogP contribution in [0.1, 0.15) is 64.0 Å². The molecule has 0 spiro atoms. The summed E-state index contributed by atoms with van der Waals surface area (Å²) in [5, 5.41) is 13.6. The van der Waals surface area contributed by atoms with E-state index in [1.165, 1.54) is 0 Å². The Hall–Kier alpha value is -3.72. The highest BCUT2D eigenvalue weighted by Gasteiger charge is 2.29. The van der Waals surface area contributed by atoms with Gasteiger partial charge in [0.2, 0.25) is 0 Å². The molecule has 0 bridgehead atoms. The van der Waals surface area contributed by atoms with E-state index in [2.05, 4.69) is 53.1 Å². The highest BCUT2D eigenvalue weighted by atomic mass is 16.5. The van der Waals surface area contributed by atoms with Gasteiger partial charge in [-0.25, -0.2) is 4.68 Å². The second-order valence-corrected chi connectivity index (χ2v) is 10.1. The predicted molar refractivity (Wildman–Crippen MR) is 144 cm³/mol. The number of pyridine rings is 1. The minimum Gasteiger partial charge on any atom is -0.497 e. The van der Waals surface area contributed by atoms with Crippen molar-refractivity contribution in [2.24, 2.45) is 0 Å². The summed E-state index contributed by atoms with van der Waals surface area (Å²) in [6, 6.07) is 15.6. The lowest BCUT2D eigenvalue weighted by atomic mass is 10.0. The molecule has 2 heterocycles. The van der Waals surface area contributed by atoms with Crippen LogP contribution in [0.5, 0.6) is 11.5 Å². The molecule has 4 rings (SSSR count). The Kier molecular flexibility index (Phi) is 7.92. The largest absolute Gasteiger partial charge is 0.497 e. The minimum atomic E-state index is -0.284. The van der Waals surface area contributed by atoms with E-state index >= 15 is 0 Å². The molecule has 0 aliphatic heterocycles. The summed E-state index contributed by atoms with van der Waals surface area (Å²) in [4.78, 5) is 18.5. The van der Waals surface area contributed by atoms with Crippen LogP contribution < -0.4 is 15.0 Å². The number of aromatic amines is 1. The van der Waals surface area contributed by atoms with Crippen LogP contribution in [0.4, 0.5) is 0 Å². The predicted octanol–water partition coefficient (Wildman–Crippen LogP) is 4.83. The molecule has 0 amide bonds. The fourth-order valence-corrected chi connectivity index (χ4v) is 4.55. The normalized spacial score (nSPS) is 12.7. The number of rotatable bonds is 10. The number of nitrogens with zero attached hydrogens (tertiary/aromatic N) is 5. The van der Waals surface area contributed by atoms with Gasteiger partial charge in [0.1, 0.15) is 11.5 Å². The molecule has 1 unspecified atom stereocenters. The molecule has 0 aliphatic rings. The SMILES string of the molecule is CCOc1ccc2[nH]c(=O)c(CN(Cc3ccc(OC)cc3)C(CC)c3nnnn3C(C)(C)C)cc2c1. The summed E-state index contributed by atoms with van der Waals surface area (Å²) in [5.41, 5.74) is 2.16. The molecule has 37 heavy (non-hydrogen) atoms. The quantitative estimate of drug-likeness (QED) is 0.330. The highest BCUT2D eigenvalue weighted by molar-refractivity contribution is 5.80. The molecule has 2 aromatic carbocycles. The van der Waals surface area contributed by atoms with Crippen molar-refractivity contribution in [3.63, 3.8) is 0 Å². The third-order valence-electron chi connectivity index (χ3n) is 6.38. The van der Waals surface area contributed by atoms with Gasteiger partial charge in [-0.05, 0) is 86.5 Å². The lowest BCUT2D eigenvalue weighted by Crippen LogP contribution is -2.35. The van der Waals surface area contributed by atoms with Crippen molar-refractivity contribution in [3.8, 4) is 11.5 Å². The Bertz CT molecular complexity index is 1390. The molecule has 9 heteroatoms. The van der Waals surface area contributed by atoms with Crippen molar-refractivity contribution < 1.29 is 9.47 Å². The number of methoxy groups -OCH3 is 1. The summed E-state index contributed by atoms with van der Waals surface area (Å²) in [5.74, 6) is 2.35. The first-order valence-corrected chi connectivity index (χ1v) is 12.7. The molecular weight excluding hydrogens is 468 g/mol. The Balaban J connectivity index is 1.76. The Morgan fingerprint density at radius 2 is 1.76 bits per heavy atom. The number of hydrogen-bond acceptors (Lipinski definition) is 7. The zero-order valence-electron chi connectivity index (χ0n) is 22.5. The third kappa shape index (κ3) is 5.99. The van der Waals surface area contributed by atoms with Gasteiger partial charge < -0.3 is 14.5 Å². The molecule has 0 fully saturated rings. The maximum absolute atomic E-state index is 13.2. The monoisotopic (exact) mass is 504 g/mol. The Labute approximate surface area is 217 Å². The van der Waals surface area contributed by atoms with Gasteiger partial charge in [-0.1, -0.05) is 19.1 Å². The van der Waals surface area contributed by atoms with Crippen LogP contribution in [-0.4, -0.2) is 43.8 Å². The van der Waals surface area contributed by atoms with Gasteiger partial charge in [0.05, 0.1) is 25.3 Å². The summed E-state index contributed by atoms with van der Waals surface area (Å²) >= 11 is 0. The number of ether oxygens (including phenoxy) is 2. The van der Waals surface area contributed by atoms with Crippen LogP contribution in [0.2, 0.25) is 0 Å². The number of aromatic nitrogens is 5.